The predicted molar refractivity (Wildman–Crippen MR) is 112 cm³/mol. The molecule has 0 heterocycles. The van der Waals surface area contributed by atoms with Crippen LogP contribution in [-0.2, 0) is 19.2 Å². The highest BCUT2D eigenvalue weighted by Gasteiger charge is 2.23. The molecule has 0 aromatic heterocycles. The Morgan fingerprint density at radius 1 is 0.724 bits per heavy atom. The number of amides is 3. The van der Waals surface area contributed by atoms with E-state index in [9.17, 15) is 19.2 Å². The van der Waals surface area contributed by atoms with Gasteiger partial charge in [-0.2, -0.15) is 0 Å². The van der Waals surface area contributed by atoms with Crippen LogP contribution in [0.5, 0.6) is 0 Å². The van der Waals surface area contributed by atoms with Crippen LogP contribution in [0, 0.1) is 5.92 Å². The van der Waals surface area contributed by atoms with Crippen molar-refractivity contribution in [1.82, 2.24) is 16.0 Å². The molecule has 4 N–H and O–H groups in total. The summed E-state index contributed by atoms with van der Waals surface area (Å²) < 4.78 is 0. The lowest BCUT2D eigenvalue weighted by molar-refractivity contribution is -0.143. The van der Waals surface area contributed by atoms with Gasteiger partial charge in [-0.25, -0.2) is 4.79 Å². The molecule has 0 saturated carbocycles. The zero-order chi connectivity index (χ0) is 22.1. The fourth-order valence-electron chi connectivity index (χ4n) is 2.84. The lowest BCUT2D eigenvalue weighted by atomic mass is 10.1. The highest BCUT2D eigenvalue weighted by atomic mass is 16.4. The zero-order valence-electron chi connectivity index (χ0n) is 18.2. The Labute approximate surface area is 174 Å². The molecule has 1 atom stereocenters. The second-order valence-corrected chi connectivity index (χ2v) is 7.76. The van der Waals surface area contributed by atoms with Gasteiger partial charge < -0.3 is 21.1 Å². The number of nitrogens with one attached hydrogen (secondary N) is 3. The largest absolute Gasteiger partial charge is 0.480 e. The van der Waals surface area contributed by atoms with E-state index in [0.29, 0.717) is 6.42 Å². The third-order valence-electron chi connectivity index (χ3n) is 4.65. The lowest BCUT2D eigenvalue weighted by Crippen LogP contribution is -2.49. The van der Waals surface area contributed by atoms with Crippen LogP contribution in [-0.4, -0.2) is 47.9 Å². The molecule has 0 aromatic carbocycles. The number of rotatable bonds is 17. The zero-order valence-corrected chi connectivity index (χ0v) is 18.2. The van der Waals surface area contributed by atoms with Crippen molar-refractivity contribution in [2.75, 3.05) is 13.1 Å². The maximum Gasteiger partial charge on any atom is 0.326 e. The summed E-state index contributed by atoms with van der Waals surface area (Å²) in [5, 5.41) is 16.3. The Bertz CT molecular complexity index is 509. The molecule has 0 aliphatic heterocycles. The van der Waals surface area contributed by atoms with E-state index in [0.717, 1.165) is 19.3 Å². The number of hydrogen-bond acceptors (Lipinski definition) is 4. The Hall–Kier alpha value is -2.12. The molecule has 29 heavy (non-hydrogen) atoms. The van der Waals surface area contributed by atoms with Crippen LogP contribution >= 0.6 is 0 Å². The minimum Gasteiger partial charge on any atom is -0.480 e. The van der Waals surface area contributed by atoms with Gasteiger partial charge >= 0.3 is 5.97 Å². The standard InChI is InChI=1S/C21H39N3O5/c1-4-5-6-7-8-9-10-11-12-13-17(25)22-14-18(26)23-15-19(27)24-20(16(2)3)21(28)29/h16,20H,4-15H2,1-3H3,(H,22,25)(H,23,26)(H,24,27)(H,28,29)/t20-/m0/s1. The van der Waals surface area contributed by atoms with Crippen LogP contribution in [0.3, 0.4) is 0 Å². The SMILES string of the molecule is CCCCCCCCCCCC(=O)NCC(=O)NCC(=O)N[C@H](C(=O)O)C(C)C. The number of unbranched alkanes of at least 4 members (excludes halogenated alkanes) is 8. The fourth-order valence-corrected chi connectivity index (χ4v) is 2.84. The number of hydrogen-bond donors (Lipinski definition) is 4. The number of aliphatic carboxylic acids is 1. The summed E-state index contributed by atoms with van der Waals surface area (Å²) in [6.07, 6.45) is 10.9. The third kappa shape index (κ3) is 15.5. The van der Waals surface area contributed by atoms with E-state index in [1.807, 2.05) is 0 Å². The molecule has 0 saturated heterocycles. The lowest BCUT2D eigenvalue weighted by Gasteiger charge is -2.18. The highest BCUT2D eigenvalue weighted by Crippen LogP contribution is 2.10. The van der Waals surface area contributed by atoms with Crippen LogP contribution in [0.2, 0.25) is 0 Å². The summed E-state index contributed by atoms with van der Waals surface area (Å²) in [7, 11) is 0. The normalized spacial score (nSPS) is 11.7. The Balaban J connectivity index is 3.74. The molecule has 0 aliphatic carbocycles. The topological polar surface area (TPSA) is 125 Å². The van der Waals surface area contributed by atoms with E-state index in [2.05, 4.69) is 22.9 Å². The first kappa shape index (κ1) is 26.9. The molecule has 0 fully saturated rings. The van der Waals surface area contributed by atoms with E-state index < -0.39 is 23.8 Å². The maximum absolute atomic E-state index is 11.8. The van der Waals surface area contributed by atoms with Crippen LogP contribution < -0.4 is 16.0 Å². The summed E-state index contributed by atoms with van der Waals surface area (Å²) in [4.78, 5) is 46.2. The van der Waals surface area contributed by atoms with Crippen molar-refractivity contribution >= 4 is 23.7 Å². The molecular formula is C21H39N3O5. The van der Waals surface area contributed by atoms with Gasteiger partial charge in [0.2, 0.25) is 17.7 Å². The molecule has 168 valence electrons. The van der Waals surface area contributed by atoms with Gasteiger partial charge in [0.15, 0.2) is 0 Å². The smallest absolute Gasteiger partial charge is 0.326 e. The van der Waals surface area contributed by atoms with Gasteiger partial charge in [0, 0.05) is 6.42 Å². The molecule has 0 spiro atoms. The third-order valence-corrected chi connectivity index (χ3v) is 4.65. The second kappa shape index (κ2) is 16.8. The number of carboxylic acid groups (broad SMARTS) is 1. The fraction of sp³-hybridized carbons (Fsp3) is 0.810. The van der Waals surface area contributed by atoms with Gasteiger partial charge in [-0.15, -0.1) is 0 Å². The van der Waals surface area contributed by atoms with Gasteiger partial charge in [-0.1, -0.05) is 72.1 Å². The van der Waals surface area contributed by atoms with E-state index in [1.165, 1.54) is 38.5 Å². The Morgan fingerprint density at radius 2 is 1.21 bits per heavy atom. The van der Waals surface area contributed by atoms with E-state index in [4.69, 9.17) is 5.11 Å². The minimum atomic E-state index is -1.12. The molecule has 0 aliphatic rings. The Kier molecular flexibility index (Phi) is 15.6. The second-order valence-electron chi connectivity index (χ2n) is 7.76. The molecule has 8 heteroatoms. The van der Waals surface area contributed by atoms with Gasteiger partial charge in [0.25, 0.3) is 0 Å². The molecule has 3 amide bonds. The van der Waals surface area contributed by atoms with Crippen LogP contribution in [0.15, 0.2) is 0 Å². The van der Waals surface area contributed by atoms with Crippen LogP contribution in [0.1, 0.15) is 85.0 Å². The molecule has 8 nitrogen and oxygen atoms in total. The van der Waals surface area contributed by atoms with Crippen molar-refractivity contribution < 1.29 is 24.3 Å². The number of carbonyl (C=O) groups excluding carboxylic acids is 3. The van der Waals surface area contributed by atoms with Crippen molar-refractivity contribution in [3.8, 4) is 0 Å². The van der Waals surface area contributed by atoms with E-state index in [-0.39, 0.29) is 24.9 Å². The summed E-state index contributed by atoms with van der Waals surface area (Å²) in [5.41, 5.74) is 0. The molecular weight excluding hydrogens is 374 g/mol. The first-order valence-electron chi connectivity index (χ1n) is 10.8. The minimum absolute atomic E-state index is 0.182. The average Bonchev–Trinajstić information content (AvgIpc) is 2.67. The maximum atomic E-state index is 11.8. The van der Waals surface area contributed by atoms with Crippen molar-refractivity contribution in [3.05, 3.63) is 0 Å². The number of carbonyl (C=O) groups is 4. The number of carboxylic acids is 1. The quantitative estimate of drug-likeness (QED) is 0.273. The van der Waals surface area contributed by atoms with Gasteiger partial charge in [-0.3, -0.25) is 14.4 Å². The summed E-state index contributed by atoms with van der Waals surface area (Å²) in [6.45, 7) is 5.04. The molecule has 0 bridgehead atoms. The summed E-state index contributed by atoms with van der Waals surface area (Å²) >= 11 is 0. The van der Waals surface area contributed by atoms with Gasteiger partial charge in [-0.05, 0) is 12.3 Å². The molecule has 0 rings (SSSR count). The predicted octanol–water partition coefficient (Wildman–Crippen LogP) is 2.37. The van der Waals surface area contributed by atoms with Crippen molar-refractivity contribution in [2.24, 2.45) is 5.92 Å². The van der Waals surface area contributed by atoms with Crippen molar-refractivity contribution in [3.63, 3.8) is 0 Å². The Morgan fingerprint density at radius 3 is 1.72 bits per heavy atom. The van der Waals surface area contributed by atoms with E-state index in [1.54, 1.807) is 13.8 Å². The average molecular weight is 414 g/mol. The van der Waals surface area contributed by atoms with Crippen molar-refractivity contribution in [1.29, 1.82) is 0 Å². The first-order chi connectivity index (χ1) is 13.8. The summed E-state index contributed by atoms with van der Waals surface area (Å²) in [5.74, 6) is -2.65. The molecule has 0 unspecified atom stereocenters. The van der Waals surface area contributed by atoms with Gasteiger partial charge in [0.1, 0.15) is 6.04 Å². The van der Waals surface area contributed by atoms with Gasteiger partial charge in [0.05, 0.1) is 13.1 Å². The van der Waals surface area contributed by atoms with E-state index >= 15 is 0 Å². The molecule has 0 aromatic rings. The highest BCUT2D eigenvalue weighted by molar-refractivity contribution is 5.89. The van der Waals surface area contributed by atoms with Crippen molar-refractivity contribution in [2.45, 2.75) is 91.0 Å². The monoisotopic (exact) mass is 413 g/mol. The van der Waals surface area contributed by atoms with Crippen LogP contribution in [0.4, 0.5) is 0 Å². The molecule has 0 radical (unpaired) electrons. The summed E-state index contributed by atoms with van der Waals surface area (Å²) in [6, 6.07) is -1.00. The first-order valence-corrected chi connectivity index (χ1v) is 10.8. The van der Waals surface area contributed by atoms with Crippen LogP contribution in [0.25, 0.3) is 0 Å².